The van der Waals surface area contributed by atoms with Crippen molar-refractivity contribution in [2.24, 2.45) is 4.99 Å². The molecule has 1 heterocycles. The van der Waals surface area contributed by atoms with E-state index >= 15 is 0 Å². The maximum absolute atomic E-state index is 14.5. The third-order valence-electron chi connectivity index (χ3n) is 4.41. The van der Waals surface area contributed by atoms with E-state index in [9.17, 15) is 13.6 Å². The predicted molar refractivity (Wildman–Crippen MR) is 106 cm³/mol. The van der Waals surface area contributed by atoms with Crippen LogP contribution in [0.5, 0.6) is 0 Å². The normalized spacial score (nSPS) is 15.2. The molecule has 0 radical (unpaired) electrons. The summed E-state index contributed by atoms with van der Waals surface area (Å²) in [6, 6.07) is 19.3. The number of aliphatic imine (C=N–C) groups is 1. The van der Waals surface area contributed by atoms with Crippen molar-refractivity contribution in [1.29, 1.82) is 0 Å². The van der Waals surface area contributed by atoms with E-state index in [1.54, 1.807) is 42.5 Å². The van der Waals surface area contributed by atoms with Crippen molar-refractivity contribution in [2.75, 3.05) is 4.90 Å². The molecular weight excluding hydrogens is 358 g/mol. The standard InChI is InChI=1S/C23H16F2N2O/c1-15-5-4-6-18(13-15)27-22(19-7-2-3-8-20(19)25)26-21(23(27)28)14-16-9-11-17(24)12-10-16/h2-14H,1H3/b21-14+. The van der Waals surface area contributed by atoms with Crippen LogP contribution in [0, 0.1) is 18.6 Å². The van der Waals surface area contributed by atoms with Crippen LogP contribution in [0.25, 0.3) is 6.08 Å². The average molecular weight is 374 g/mol. The zero-order valence-corrected chi connectivity index (χ0v) is 15.1. The molecule has 1 amide bonds. The van der Waals surface area contributed by atoms with Gasteiger partial charge in [-0.05, 0) is 60.5 Å². The number of benzene rings is 3. The summed E-state index contributed by atoms with van der Waals surface area (Å²) in [6.07, 6.45) is 1.57. The number of hydrogen-bond acceptors (Lipinski definition) is 2. The van der Waals surface area contributed by atoms with Gasteiger partial charge in [0.2, 0.25) is 0 Å². The Morgan fingerprint density at radius 1 is 0.929 bits per heavy atom. The Bertz CT molecular complexity index is 1120. The van der Waals surface area contributed by atoms with E-state index in [1.165, 1.54) is 23.1 Å². The lowest BCUT2D eigenvalue weighted by Gasteiger charge is -2.19. The summed E-state index contributed by atoms with van der Waals surface area (Å²) in [6.45, 7) is 1.92. The molecule has 1 aliphatic heterocycles. The minimum Gasteiger partial charge on any atom is -0.266 e. The third-order valence-corrected chi connectivity index (χ3v) is 4.41. The number of nitrogens with zero attached hydrogens (tertiary/aromatic N) is 2. The van der Waals surface area contributed by atoms with E-state index in [1.807, 2.05) is 25.1 Å². The highest BCUT2D eigenvalue weighted by Crippen LogP contribution is 2.29. The number of carbonyl (C=O) groups is 1. The zero-order valence-electron chi connectivity index (χ0n) is 15.1. The van der Waals surface area contributed by atoms with Crippen LogP contribution in [0.15, 0.2) is 83.5 Å². The van der Waals surface area contributed by atoms with Gasteiger partial charge in [-0.15, -0.1) is 0 Å². The summed E-state index contributed by atoms with van der Waals surface area (Å²) in [5, 5.41) is 0. The highest BCUT2D eigenvalue weighted by atomic mass is 19.1. The second kappa shape index (κ2) is 7.19. The first-order valence-corrected chi connectivity index (χ1v) is 8.75. The Kier molecular flexibility index (Phi) is 4.57. The maximum Gasteiger partial charge on any atom is 0.282 e. The quantitative estimate of drug-likeness (QED) is 0.587. The Hall–Kier alpha value is -3.60. The van der Waals surface area contributed by atoms with Crippen LogP contribution in [0.1, 0.15) is 16.7 Å². The lowest BCUT2D eigenvalue weighted by molar-refractivity contribution is -0.113. The Morgan fingerprint density at radius 2 is 1.68 bits per heavy atom. The van der Waals surface area contributed by atoms with Crippen molar-refractivity contribution < 1.29 is 13.6 Å². The number of rotatable bonds is 3. The number of carbonyl (C=O) groups excluding carboxylic acids is 1. The number of amidine groups is 1. The summed E-state index contributed by atoms with van der Waals surface area (Å²) in [4.78, 5) is 19.0. The molecule has 0 spiro atoms. The fourth-order valence-electron chi connectivity index (χ4n) is 3.06. The van der Waals surface area contributed by atoms with Gasteiger partial charge < -0.3 is 0 Å². The van der Waals surface area contributed by atoms with Crippen LogP contribution in [0.3, 0.4) is 0 Å². The fourth-order valence-corrected chi connectivity index (χ4v) is 3.06. The van der Waals surface area contributed by atoms with Crippen LogP contribution >= 0.6 is 0 Å². The van der Waals surface area contributed by atoms with Crippen molar-refractivity contribution >= 4 is 23.5 Å². The van der Waals surface area contributed by atoms with E-state index in [2.05, 4.69) is 4.99 Å². The Morgan fingerprint density at radius 3 is 2.39 bits per heavy atom. The van der Waals surface area contributed by atoms with Gasteiger partial charge in [0.05, 0.1) is 11.3 Å². The van der Waals surface area contributed by atoms with Crippen LogP contribution in [-0.2, 0) is 4.79 Å². The number of amides is 1. The molecule has 4 rings (SSSR count). The molecule has 5 heteroatoms. The highest BCUT2D eigenvalue weighted by Gasteiger charge is 2.33. The molecule has 0 saturated heterocycles. The Balaban J connectivity index is 1.85. The molecule has 3 aromatic carbocycles. The summed E-state index contributed by atoms with van der Waals surface area (Å²) in [5.74, 6) is -0.971. The van der Waals surface area contributed by atoms with Crippen molar-refractivity contribution in [2.45, 2.75) is 6.92 Å². The number of anilines is 1. The molecular formula is C23H16F2N2O. The Labute approximate surface area is 161 Å². The van der Waals surface area contributed by atoms with Crippen molar-refractivity contribution in [3.63, 3.8) is 0 Å². The van der Waals surface area contributed by atoms with E-state index in [0.717, 1.165) is 5.56 Å². The molecule has 0 fully saturated rings. The molecule has 0 bridgehead atoms. The largest absolute Gasteiger partial charge is 0.282 e. The molecule has 3 aromatic rings. The lowest BCUT2D eigenvalue weighted by Crippen LogP contribution is -2.33. The van der Waals surface area contributed by atoms with Crippen molar-refractivity contribution in [3.05, 3.63) is 107 Å². The monoisotopic (exact) mass is 374 g/mol. The van der Waals surface area contributed by atoms with Gasteiger partial charge in [0.1, 0.15) is 17.3 Å². The first kappa shape index (κ1) is 17.8. The fraction of sp³-hybridized carbons (Fsp3) is 0.0435. The van der Waals surface area contributed by atoms with E-state index < -0.39 is 5.82 Å². The molecule has 0 unspecified atom stereocenters. The van der Waals surface area contributed by atoms with Crippen LogP contribution in [-0.4, -0.2) is 11.7 Å². The number of halogens is 2. The van der Waals surface area contributed by atoms with Gasteiger partial charge in [0.15, 0.2) is 5.84 Å². The summed E-state index contributed by atoms with van der Waals surface area (Å²) in [5.41, 5.74) is 2.60. The highest BCUT2D eigenvalue weighted by molar-refractivity contribution is 6.33. The first-order valence-electron chi connectivity index (χ1n) is 8.75. The molecule has 0 N–H and O–H groups in total. The van der Waals surface area contributed by atoms with Gasteiger partial charge in [0, 0.05) is 0 Å². The second-order valence-corrected chi connectivity index (χ2v) is 6.48. The van der Waals surface area contributed by atoms with Gasteiger partial charge in [-0.2, -0.15) is 0 Å². The SMILES string of the molecule is Cc1cccc(N2C(=O)/C(=C\c3ccc(F)cc3)N=C2c2ccccc2F)c1. The van der Waals surface area contributed by atoms with Crippen LogP contribution in [0.2, 0.25) is 0 Å². The average Bonchev–Trinajstić information content (AvgIpc) is 3.00. The van der Waals surface area contributed by atoms with Gasteiger partial charge in [-0.1, -0.05) is 36.4 Å². The van der Waals surface area contributed by atoms with Gasteiger partial charge in [-0.25, -0.2) is 13.8 Å². The van der Waals surface area contributed by atoms with E-state index in [0.29, 0.717) is 11.3 Å². The minimum atomic E-state index is -0.463. The number of hydrogen-bond donors (Lipinski definition) is 0. The molecule has 28 heavy (non-hydrogen) atoms. The van der Waals surface area contributed by atoms with Crippen molar-refractivity contribution in [1.82, 2.24) is 0 Å². The summed E-state index contributed by atoms with van der Waals surface area (Å²) < 4.78 is 27.6. The lowest BCUT2D eigenvalue weighted by atomic mass is 10.1. The maximum atomic E-state index is 14.5. The minimum absolute atomic E-state index is 0.159. The molecule has 0 aliphatic carbocycles. The topological polar surface area (TPSA) is 32.7 Å². The van der Waals surface area contributed by atoms with Crippen LogP contribution < -0.4 is 4.90 Å². The van der Waals surface area contributed by atoms with Gasteiger partial charge in [-0.3, -0.25) is 9.69 Å². The van der Waals surface area contributed by atoms with E-state index in [4.69, 9.17) is 0 Å². The molecule has 1 aliphatic rings. The number of aryl methyl sites for hydroxylation is 1. The van der Waals surface area contributed by atoms with Gasteiger partial charge in [0.25, 0.3) is 5.91 Å². The smallest absolute Gasteiger partial charge is 0.266 e. The second-order valence-electron chi connectivity index (χ2n) is 6.48. The van der Waals surface area contributed by atoms with Gasteiger partial charge >= 0.3 is 0 Å². The molecule has 0 saturated carbocycles. The molecule has 0 atom stereocenters. The molecule has 138 valence electrons. The van der Waals surface area contributed by atoms with Crippen molar-refractivity contribution in [3.8, 4) is 0 Å². The van der Waals surface area contributed by atoms with Crippen LogP contribution in [0.4, 0.5) is 14.5 Å². The molecule has 0 aromatic heterocycles. The predicted octanol–water partition coefficient (Wildman–Crippen LogP) is 5.11. The third kappa shape index (κ3) is 3.34. The summed E-state index contributed by atoms with van der Waals surface area (Å²) >= 11 is 0. The van der Waals surface area contributed by atoms with E-state index in [-0.39, 0.29) is 28.8 Å². The summed E-state index contributed by atoms with van der Waals surface area (Å²) in [7, 11) is 0. The zero-order chi connectivity index (χ0) is 19.7. The molecule has 3 nitrogen and oxygen atoms in total. The first-order chi connectivity index (χ1) is 13.5.